The maximum atomic E-state index is 12.3. The van der Waals surface area contributed by atoms with Crippen LogP contribution in [0.15, 0.2) is 66.7 Å². The zero-order valence-electron chi connectivity index (χ0n) is 16.3. The Hall–Kier alpha value is -3.58. The molecule has 0 unspecified atom stereocenters. The molecule has 4 aromatic rings. The standard InChI is InChI=1S/C23H19N3O3S/c1-26(14-21-25-19-8-4-5-9-20(19)30-21)22(27)15-29-23(28)13-12-17-11-10-16-6-2-3-7-18(16)24-17/h2-13H,14-15H2,1H3/b13-12+. The molecule has 4 rings (SSSR count). The molecule has 1 amide bonds. The first-order valence-corrected chi connectivity index (χ1v) is 10.2. The number of pyridine rings is 1. The Morgan fingerprint density at radius 1 is 1.00 bits per heavy atom. The van der Waals surface area contributed by atoms with Crippen LogP contribution in [0, 0.1) is 0 Å². The van der Waals surface area contributed by atoms with E-state index < -0.39 is 5.97 Å². The molecule has 2 aromatic carbocycles. The number of ether oxygens (including phenoxy) is 1. The smallest absolute Gasteiger partial charge is 0.331 e. The number of likely N-dealkylation sites (N-methyl/N-ethyl adjacent to an activating group) is 1. The van der Waals surface area contributed by atoms with Crippen LogP contribution in [-0.4, -0.2) is 40.4 Å². The number of fused-ring (bicyclic) bond motifs is 2. The van der Waals surface area contributed by atoms with Gasteiger partial charge < -0.3 is 9.64 Å². The third kappa shape index (κ3) is 4.69. The van der Waals surface area contributed by atoms with Crippen molar-refractivity contribution in [2.75, 3.05) is 13.7 Å². The molecule has 0 radical (unpaired) electrons. The van der Waals surface area contributed by atoms with Gasteiger partial charge in [0, 0.05) is 18.5 Å². The van der Waals surface area contributed by atoms with Crippen molar-refractivity contribution in [3.05, 3.63) is 77.4 Å². The van der Waals surface area contributed by atoms with Gasteiger partial charge in [-0.25, -0.2) is 14.8 Å². The molecule has 6 nitrogen and oxygen atoms in total. The van der Waals surface area contributed by atoms with E-state index in [1.54, 1.807) is 24.5 Å². The molecule has 0 spiro atoms. The fraction of sp³-hybridized carbons (Fsp3) is 0.130. The van der Waals surface area contributed by atoms with E-state index in [4.69, 9.17) is 4.74 Å². The molecule has 7 heteroatoms. The third-order valence-corrected chi connectivity index (χ3v) is 5.51. The number of carbonyl (C=O) groups excluding carboxylic acids is 2. The van der Waals surface area contributed by atoms with E-state index in [2.05, 4.69) is 9.97 Å². The van der Waals surface area contributed by atoms with E-state index >= 15 is 0 Å². The van der Waals surface area contributed by atoms with E-state index in [1.165, 1.54) is 11.0 Å². The molecule has 0 aliphatic carbocycles. The van der Waals surface area contributed by atoms with Gasteiger partial charge in [-0.05, 0) is 30.3 Å². The van der Waals surface area contributed by atoms with Gasteiger partial charge in [0.25, 0.3) is 5.91 Å². The van der Waals surface area contributed by atoms with Crippen LogP contribution >= 0.6 is 11.3 Å². The predicted molar refractivity (Wildman–Crippen MR) is 118 cm³/mol. The lowest BCUT2D eigenvalue weighted by Gasteiger charge is -2.15. The molecule has 0 saturated carbocycles. The molecular weight excluding hydrogens is 398 g/mol. The van der Waals surface area contributed by atoms with Crippen molar-refractivity contribution < 1.29 is 14.3 Å². The second kappa shape index (κ2) is 8.84. The Balaban J connectivity index is 1.29. The van der Waals surface area contributed by atoms with Gasteiger partial charge in [-0.3, -0.25) is 4.79 Å². The van der Waals surface area contributed by atoms with Crippen molar-refractivity contribution in [3.8, 4) is 0 Å². The van der Waals surface area contributed by atoms with E-state index in [0.717, 1.165) is 26.1 Å². The highest BCUT2D eigenvalue weighted by Crippen LogP contribution is 2.22. The van der Waals surface area contributed by atoms with Crippen molar-refractivity contribution in [1.29, 1.82) is 0 Å². The minimum Gasteiger partial charge on any atom is -0.452 e. The molecule has 0 aliphatic rings. The summed E-state index contributed by atoms with van der Waals surface area (Å²) in [5.41, 5.74) is 2.40. The van der Waals surface area contributed by atoms with Gasteiger partial charge in [0.1, 0.15) is 5.01 Å². The average molecular weight is 417 g/mol. The highest BCUT2D eigenvalue weighted by atomic mass is 32.1. The number of amides is 1. The SMILES string of the molecule is CN(Cc1nc2ccccc2s1)C(=O)COC(=O)/C=C/c1ccc2ccccc2n1. The van der Waals surface area contributed by atoms with Gasteiger partial charge in [-0.2, -0.15) is 0 Å². The summed E-state index contributed by atoms with van der Waals surface area (Å²) in [6, 6.07) is 19.3. The lowest BCUT2D eigenvalue weighted by Crippen LogP contribution is -2.30. The van der Waals surface area contributed by atoms with Gasteiger partial charge >= 0.3 is 5.97 Å². The van der Waals surface area contributed by atoms with E-state index in [9.17, 15) is 9.59 Å². The topological polar surface area (TPSA) is 72.4 Å². The number of benzene rings is 2. The van der Waals surface area contributed by atoms with E-state index in [1.807, 2.05) is 60.7 Å². The number of aromatic nitrogens is 2. The summed E-state index contributed by atoms with van der Waals surface area (Å²) < 4.78 is 6.15. The van der Waals surface area contributed by atoms with Crippen molar-refractivity contribution in [2.24, 2.45) is 0 Å². The summed E-state index contributed by atoms with van der Waals surface area (Å²) >= 11 is 1.54. The van der Waals surface area contributed by atoms with Crippen LogP contribution in [0.3, 0.4) is 0 Å². The Kier molecular flexibility index (Phi) is 5.81. The number of nitrogens with zero attached hydrogens (tertiary/aromatic N) is 3. The van der Waals surface area contributed by atoms with Crippen molar-refractivity contribution in [3.63, 3.8) is 0 Å². The minimum atomic E-state index is -0.591. The normalized spacial score (nSPS) is 11.2. The minimum absolute atomic E-state index is 0.292. The molecule has 2 aromatic heterocycles. The molecule has 0 N–H and O–H groups in total. The summed E-state index contributed by atoms with van der Waals surface area (Å²) in [5.74, 6) is -0.883. The van der Waals surface area contributed by atoms with Crippen LogP contribution in [0.2, 0.25) is 0 Å². The van der Waals surface area contributed by atoms with Crippen LogP contribution in [0.5, 0.6) is 0 Å². The largest absolute Gasteiger partial charge is 0.452 e. The first-order valence-electron chi connectivity index (χ1n) is 9.37. The number of hydrogen-bond donors (Lipinski definition) is 0. The monoisotopic (exact) mass is 417 g/mol. The quantitative estimate of drug-likeness (QED) is 0.349. The lowest BCUT2D eigenvalue weighted by molar-refractivity contribution is -0.147. The van der Waals surface area contributed by atoms with Gasteiger partial charge in [0.2, 0.25) is 0 Å². The lowest BCUT2D eigenvalue weighted by atomic mass is 10.2. The van der Waals surface area contributed by atoms with Crippen LogP contribution in [0.1, 0.15) is 10.7 Å². The number of para-hydroxylation sites is 2. The van der Waals surface area contributed by atoms with Crippen molar-refractivity contribution in [2.45, 2.75) is 6.54 Å². The molecule has 30 heavy (non-hydrogen) atoms. The molecule has 0 bridgehead atoms. The number of hydrogen-bond acceptors (Lipinski definition) is 6. The number of thiazole rings is 1. The Morgan fingerprint density at radius 2 is 1.77 bits per heavy atom. The maximum absolute atomic E-state index is 12.3. The average Bonchev–Trinajstić information content (AvgIpc) is 3.18. The maximum Gasteiger partial charge on any atom is 0.331 e. The van der Waals surface area contributed by atoms with Gasteiger partial charge in [-0.15, -0.1) is 11.3 Å². The summed E-state index contributed by atoms with van der Waals surface area (Å²) in [6.45, 7) is 0.0439. The zero-order valence-corrected chi connectivity index (χ0v) is 17.1. The number of esters is 1. The van der Waals surface area contributed by atoms with Crippen molar-refractivity contribution >= 4 is 50.4 Å². The molecular formula is C23H19N3O3S. The van der Waals surface area contributed by atoms with Crippen LogP contribution in [0.25, 0.3) is 27.2 Å². The molecule has 0 fully saturated rings. The van der Waals surface area contributed by atoms with Gasteiger partial charge in [-0.1, -0.05) is 36.4 Å². The van der Waals surface area contributed by atoms with Gasteiger partial charge in [0.05, 0.1) is 28.0 Å². The molecule has 2 heterocycles. The summed E-state index contributed by atoms with van der Waals surface area (Å²) in [7, 11) is 1.66. The number of rotatable bonds is 6. The second-order valence-corrected chi connectivity index (χ2v) is 7.81. The summed E-state index contributed by atoms with van der Waals surface area (Å²) in [5, 5.41) is 1.86. The van der Waals surface area contributed by atoms with Crippen LogP contribution in [-0.2, 0) is 20.9 Å². The molecule has 0 atom stereocenters. The summed E-state index contributed by atoms with van der Waals surface area (Å²) in [4.78, 5) is 34.7. The highest BCUT2D eigenvalue weighted by molar-refractivity contribution is 7.18. The fourth-order valence-corrected chi connectivity index (χ4v) is 3.92. The summed E-state index contributed by atoms with van der Waals surface area (Å²) in [6.07, 6.45) is 2.85. The van der Waals surface area contributed by atoms with Crippen LogP contribution in [0.4, 0.5) is 0 Å². The van der Waals surface area contributed by atoms with E-state index in [0.29, 0.717) is 12.2 Å². The van der Waals surface area contributed by atoms with Crippen LogP contribution < -0.4 is 0 Å². The molecule has 0 aliphatic heterocycles. The van der Waals surface area contributed by atoms with Crippen molar-refractivity contribution in [1.82, 2.24) is 14.9 Å². The highest BCUT2D eigenvalue weighted by Gasteiger charge is 2.13. The molecule has 150 valence electrons. The Labute approximate surface area is 177 Å². The zero-order chi connectivity index (χ0) is 20.9. The number of carbonyl (C=O) groups is 2. The van der Waals surface area contributed by atoms with E-state index in [-0.39, 0.29) is 12.5 Å². The first-order chi connectivity index (χ1) is 14.6. The fourth-order valence-electron chi connectivity index (χ4n) is 2.90. The second-order valence-electron chi connectivity index (χ2n) is 6.69. The van der Waals surface area contributed by atoms with Gasteiger partial charge in [0.15, 0.2) is 6.61 Å². The first kappa shape index (κ1) is 19.7. The predicted octanol–water partition coefficient (Wildman–Crippen LogP) is 4.06. The third-order valence-electron chi connectivity index (χ3n) is 4.48. The Bertz CT molecular complexity index is 1220. The molecule has 0 saturated heterocycles. The Morgan fingerprint density at radius 3 is 2.60 bits per heavy atom.